The Labute approximate surface area is 864 Å². The molecule has 7 fully saturated rings. The highest BCUT2D eigenvalue weighted by atomic mass is 32.2. The number of rotatable bonds is 26. The van der Waals surface area contributed by atoms with E-state index in [9.17, 15) is 19.2 Å². The van der Waals surface area contributed by atoms with Crippen molar-refractivity contribution in [1.82, 2.24) is 0 Å². The van der Waals surface area contributed by atoms with Crippen LogP contribution in [-0.4, -0.2) is 49.3 Å². The number of ether oxygens (including phenoxy) is 6. The summed E-state index contributed by atoms with van der Waals surface area (Å²) in [5.41, 5.74) is 8.65. The number of benzene rings is 16. The third kappa shape index (κ3) is 23.8. The third-order valence-corrected chi connectivity index (χ3v) is 39.2. The summed E-state index contributed by atoms with van der Waals surface area (Å²) in [7, 11) is -0.850. The normalized spacial score (nSPS) is 18.5. The highest BCUT2D eigenvalue weighted by molar-refractivity contribution is 7.98. The standard InChI is InChI=1S/C32H35O2S.C30H29O5S.C23H23O2S.C22H23OS.C22H17S/c1-22-13-29(35(27-9-5-3-6-10-27)28-11-7-4-8-12-28)14-23(2)31(22)34-30(33)21-32-18-24-15-25(19-32)17-26(16-24)20-32;1-18-13-23(36(21-9-5-3-6-10-21)22-11-7-4-8-12-22)14-19(2)27(18)33-17-26(31)34-28-20-15-24-25(16-20)30(32)35-29(24)28;1-4-22(24)25-23-17(2)15-21(16-18(23)3)26(19-11-7-5-8-12-19)20-13-9-6-10-14-20;1-4-23-22-17(2)15-21(16-18(22)3)24(19-11-7-5-8-12-19)20-13-9-6-10-14-20;1-3-12-19(13-4-1)23(20-14-5-2-6-15-20)22-17-9-11-18-10-7-8-16-21(18)22/h3-14,24-26H,15-21H2,1-2H3;3-14,20,24-25,28-29H,15-17H2,1-2H3;5-16H,4H2,1-3H3;5-16H,4H2,1-3H3;1-17H/q5*+1. The molecule has 728 valence electrons. The van der Waals surface area contributed by atoms with E-state index in [1.165, 1.54) is 134 Å². The van der Waals surface area contributed by atoms with E-state index in [0.29, 0.717) is 30.9 Å². The van der Waals surface area contributed by atoms with E-state index in [1.54, 1.807) is 0 Å². The monoisotopic (exact) mass is 2000 g/mol. The average molecular weight is 2000 g/mol. The molecule has 6 bridgehead atoms. The fourth-order valence-corrected chi connectivity index (χ4v) is 33.8. The Hall–Kier alpha value is -13.0. The van der Waals surface area contributed by atoms with Crippen molar-refractivity contribution >= 4 is 89.1 Å². The van der Waals surface area contributed by atoms with Crippen LogP contribution in [0.5, 0.6) is 23.0 Å². The van der Waals surface area contributed by atoms with Gasteiger partial charge in [0.1, 0.15) is 35.2 Å². The molecule has 1 saturated heterocycles. The van der Waals surface area contributed by atoms with Gasteiger partial charge in [-0.2, -0.15) is 0 Å². The molecule has 16 aromatic carbocycles. The Kier molecular flexibility index (Phi) is 33.2. The molecule has 5 unspecified atom stereocenters. The molecule has 5 atom stereocenters. The Bertz CT molecular complexity index is 6740. The fraction of sp³-hybridized carbons (Fsp3) is 0.240. The van der Waals surface area contributed by atoms with Gasteiger partial charge in [0.25, 0.3) is 0 Å². The number of hydrogen-bond acceptors (Lipinski definition) is 10. The average Bonchev–Trinajstić information content (AvgIpc) is 1.53. The summed E-state index contributed by atoms with van der Waals surface area (Å²) < 4.78 is 34.7. The zero-order chi connectivity index (χ0) is 99.7. The van der Waals surface area contributed by atoms with Crippen molar-refractivity contribution in [2.45, 2.75) is 219 Å². The van der Waals surface area contributed by atoms with E-state index in [0.717, 1.165) is 75.5 Å². The van der Waals surface area contributed by atoms with Gasteiger partial charge in [-0.05, 0) is 320 Å². The van der Waals surface area contributed by atoms with Gasteiger partial charge < -0.3 is 28.4 Å². The smallest absolute Gasteiger partial charge is 0.344 e. The molecule has 0 spiro atoms. The first-order valence-corrected chi connectivity index (χ1v) is 56.5. The second-order valence-corrected chi connectivity index (χ2v) is 48.8. The van der Waals surface area contributed by atoms with E-state index in [-0.39, 0.29) is 114 Å². The van der Waals surface area contributed by atoms with Gasteiger partial charge in [0.05, 0.1) is 73.4 Å². The molecule has 0 aromatic heterocycles. The lowest BCUT2D eigenvalue weighted by molar-refractivity contribution is -0.163. The van der Waals surface area contributed by atoms with E-state index < -0.39 is 5.97 Å². The molecule has 0 amide bonds. The molecule has 0 radical (unpaired) electrons. The Morgan fingerprint density at radius 1 is 0.312 bits per heavy atom. The Balaban J connectivity index is 0.000000120. The molecular weight excluding hydrogens is 1870 g/mol. The first kappa shape index (κ1) is 101. The minimum atomic E-state index is -0.414. The highest BCUT2D eigenvalue weighted by Crippen LogP contribution is 2.62. The minimum Gasteiger partial charge on any atom is -0.493 e. The van der Waals surface area contributed by atoms with Crippen molar-refractivity contribution < 1.29 is 47.6 Å². The molecule has 6 aliphatic carbocycles. The molecule has 16 aromatic rings. The molecular formula is C129H127O10S5+5. The van der Waals surface area contributed by atoms with E-state index in [2.05, 4.69) is 398 Å². The largest absolute Gasteiger partial charge is 0.493 e. The maximum atomic E-state index is 13.2. The van der Waals surface area contributed by atoms with Crippen LogP contribution in [0.2, 0.25) is 0 Å². The number of hydrogen-bond donors (Lipinski definition) is 0. The predicted molar refractivity (Wildman–Crippen MR) is 586 cm³/mol. The molecule has 6 saturated carbocycles. The van der Waals surface area contributed by atoms with Gasteiger partial charge in [-0.1, -0.05) is 219 Å². The predicted octanol–water partition coefficient (Wildman–Crippen LogP) is 30.6. The molecule has 23 rings (SSSR count). The van der Waals surface area contributed by atoms with Gasteiger partial charge in [0, 0.05) is 72.2 Å². The molecule has 7 aliphatic rings. The first-order valence-electron chi connectivity index (χ1n) is 50.4. The SMILES string of the molecule is CCC(=O)Oc1c(C)cc([S+](c2ccccc2)c2ccccc2)cc1C.CCOc1c(C)cc([S+](c2ccccc2)c2ccccc2)cc1C.Cc1cc([S+](c2ccccc2)c2ccccc2)cc(C)c1OC(=O)CC12CC3CC(CC(C3)C1)C2.Cc1cc([S+](c2ccccc2)c2ccccc2)cc(C)c1OCC(=O)OC1C2CC3C(=O)OC1C3C2.c1ccc([S+](c2ccccc2)c2cccc3ccccc23)cc1. The van der Waals surface area contributed by atoms with E-state index in [4.69, 9.17) is 28.4 Å². The molecule has 144 heavy (non-hydrogen) atoms. The summed E-state index contributed by atoms with van der Waals surface area (Å²) in [6, 6.07) is 140. The topological polar surface area (TPSA) is 124 Å². The first-order chi connectivity index (χ1) is 70.2. The van der Waals surface area contributed by atoms with E-state index >= 15 is 0 Å². The van der Waals surface area contributed by atoms with Crippen molar-refractivity contribution in [3.8, 4) is 23.0 Å². The van der Waals surface area contributed by atoms with Gasteiger partial charge >= 0.3 is 23.9 Å². The quantitative estimate of drug-likeness (QED) is 0.0294. The lowest BCUT2D eigenvalue weighted by atomic mass is 9.49. The molecule has 10 nitrogen and oxygen atoms in total. The van der Waals surface area contributed by atoms with Crippen LogP contribution in [0.3, 0.4) is 0 Å². The van der Waals surface area contributed by atoms with Crippen molar-refractivity contribution in [2.24, 2.45) is 40.9 Å². The van der Waals surface area contributed by atoms with Gasteiger partial charge in [-0.25, -0.2) is 4.79 Å². The Morgan fingerprint density at radius 2 is 0.604 bits per heavy atom. The molecule has 0 N–H and O–H groups in total. The van der Waals surface area contributed by atoms with Crippen LogP contribution in [0, 0.1) is 96.3 Å². The van der Waals surface area contributed by atoms with Crippen LogP contribution >= 0.6 is 0 Å². The van der Waals surface area contributed by atoms with Crippen LogP contribution in [0.4, 0.5) is 0 Å². The summed E-state index contributed by atoms with van der Waals surface area (Å²) >= 11 is 0. The lowest BCUT2D eigenvalue weighted by Gasteiger charge is -2.56. The minimum absolute atomic E-state index is 0.00586. The summed E-state index contributed by atoms with van der Waals surface area (Å²) in [6.07, 6.45) is 9.95. The number of esters is 4. The van der Waals surface area contributed by atoms with Crippen molar-refractivity contribution in [3.63, 3.8) is 0 Å². The van der Waals surface area contributed by atoms with Crippen molar-refractivity contribution in [2.75, 3.05) is 13.2 Å². The van der Waals surface area contributed by atoms with Crippen LogP contribution < -0.4 is 18.9 Å². The summed E-state index contributed by atoms with van der Waals surface area (Å²) in [6.45, 7) is 20.9. The van der Waals surface area contributed by atoms with Gasteiger partial charge in [0.2, 0.25) is 0 Å². The van der Waals surface area contributed by atoms with Crippen molar-refractivity contribution in [3.05, 3.63) is 439 Å². The third-order valence-electron chi connectivity index (χ3n) is 28.1. The zero-order valence-corrected chi connectivity index (χ0v) is 87.8. The van der Waals surface area contributed by atoms with Crippen LogP contribution in [0.25, 0.3) is 10.8 Å². The van der Waals surface area contributed by atoms with Crippen molar-refractivity contribution in [1.29, 1.82) is 0 Å². The van der Waals surface area contributed by atoms with Gasteiger partial charge in [-0.15, -0.1) is 0 Å². The van der Waals surface area contributed by atoms with E-state index in [1.807, 2.05) is 65.8 Å². The maximum absolute atomic E-state index is 13.2. The summed E-state index contributed by atoms with van der Waals surface area (Å²) in [5.74, 6) is 5.39. The molecule has 1 heterocycles. The van der Waals surface area contributed by atoms with Crippen LogP contribution in [-0.2, 0) is 83.1 Å². The lowest BCUT2D eigenvalue weighted by Crippen LogP contribution is -2.47. The molecule has 1 aliphatic heterocycles. The number of carbonyl (C=O) groups excluding carboxylic acids is 4. The summed E-state index contributed by atoms with van der Waals surface area (Å²) in [4.78, 5) is 69.1. The highest BCUT2D eigenvalue weighted by Gasteiger charge is 2.63. The number of fused-ring (bicyclic) bond motifs is 2. The second-order valence-electron chi connectivity index (χ2n) is 38.7. The van der Waals surface area contributed by atoms with Crippen LogP contribution in [0.15, 0.2) is 468 Å². The zero-order valence-electron chi connectivity index (χ0n) is 83.8. The van der Waals surface area contributed by atoms with Gasteiger partial charge in [0.15, 0.2) is 80.0 Å². The second kappa shape index (κ2) is 47.2. The fourth-order valence-electron chi connectivity index (χ4n) is 22.5. The van der Waals surface area contributed by atoms with Gasteiger partial charge in [-0.3, -0.25) is 14.4 Å². The maximum Gasteiger partial charge on any atom is 0.344 e. The number of aryl methyl sites for hydroxylation is 8. The molecule has 15 heteroatoms. The van der Waals surface area contributed by atoms with Crippen LogP contribution in [0.1, 0.15) is 123 Å². The summed E-state index contributed by atoms with van der Waals surface area (Å²) in [5, 5.41) is 2.64. The Morgan fingerprint density at radius 3 is 0.931 bits per heavy atom. The number of carbonyl (C=O) groups is 4.